The second kappa shape index (κ2) is 7.77. The highest BCUT2D eigenvalue weighted by Gasteiger charge is 2.44. The van der Waals surface area contributed by atoms with Crippen molar-refractivity contribution in [2.75, 3.05) is 0 Å². The molecule has 1 heterocycles. The SMILES string of the molecule is Ic1ccc2c(c1)CN(C(c1ccccc1)(c1ccccc1)c1ccccc1)C2. The Balaban J connectivity index is 1.78. The number of nitrogens with zero attached hydrogens (tertiary/aromatic N) is 1. The van der Waals surface area contributed by atoms with Gasteiger partial charge in [-0.2, -0.15) is 0 Å². The standard InChI is InChI=1S/C27H22IN/c28-26-17-16-21-19-29(20-22(21)18-26)27(23-10-4-1-5-11-23,24-12-6-2-7-13-24)25-14-8-3-9-15-25/h1-18H,19-20H2. The highest BCUT2D eigenvalue weighted by molar-refractivity contribution is 14.1. The Kier molecular flexibility index (Phi) is 4.98. The number of halogens is 1. The summed E-state index contributed by atoms with van der Waals surface area (Å²) in [5.41, 5.74) is 6.44. The van der Waals surface area contributed by atoms with Gasteiger partial charge in [0.15, 0.2) is 0 Å². The first-order valence-electron chi connectivity index (χ1n) is 9.97. The van der Waals surface area contributed by atoms with Crippen LogP contribution in [-0.4, -0.2) is 4.90 Å². The molecule has 4 aromatic rings. The molecule has 1 nitrogen and oxygen atoms in total. The fourth-order valence-electron chi connectivity index (χ4n) is 4.69. The van der Waals surface area contributed by atoms with Gasteiger partial charge in [-0.3, -0.25) is 4.90 Å². The van der Waals surface area contributed by atoms with E-state index in [1.165, 1.54) is 31.4 Å². The van der Waals surface area contributed by atoms with Gasteiger partial charge in [-0.05, 0) is 62.5 Å². The average molecular weight is 487 g/mol. The van der Waals surface area contributed by atoms with E-state index >= 15 is 0 Å². The lowest BCUT2D eigenvalue weighted by atomic mass is 9.75. The molecule has 0 bridgehead atoms. The Morgan fingerprint density at radius 1 is 0.552 bits per heavy atom. The van der Waals surface area contributed by atoms with Crippen LogP contribution in [0, 0.1) is 3.57 Å². The van der Waals surface area contributed by atoms with E-state index in [1.807, 2.05) is 0 Å². The Morgan fingerprint density at radius 2 is 1.00 bits per heavy atom. The maximum absolute atomic E-state index is 2.63. The highest BCUT2D eigenvalue weighted by atomic mass is 127. The summed E-state index contributed by atoms with van der Waals surface area (Å²) in [6.45, 7) is 1.87. The van der Waals surface area contributed by atoms with Crippen LogP contribution >= 0.6 is 22.6 Å². The van der Waals surface area contributed by atoms with E-state index in [2.05, 4.69) is 137 Å². The van der Waals surface area contributed by atoms with E-state index in [4.69, 9.17) is 0 Å². The minimum Gasteiger partial charge on any atom is -0.277 e. The second-order valence-electron chi connectivity index (χ2n) is 7.58. The molecule has 0 N–H and O–H groups in total. The van der Waals surface area contributed by atoms with Crippen LogP contribution < -0.4 is 0 Å². The van der Waals surface area contributed by atoms with Gasteiger partial charge < -0.3 is 0 Å². The molecular weight excluding hydrogens is 465 g/mol. The van der Waals surface area contributed by atoms with Crippen LogP contribution in [0.25, 0.3) is 0 Å². The zero-order valence-electron chi connectivity index (χ0n) is 16.1. The van der Waals surface area contributed by atoms with Crippen molar-refractivity contribution >= 4 is 22.6 Å². The fraction of sp³-hybridized carbons (Fsp3) is 0.111. The van der Waals surface area contributed by atoms with E-state index in [0.717, 1.165) is 13.1 Å². The Hall–Kier alpha value is -2.43. The van der Waals surface area contributed by atoms with E-state index in [9.17, 15) is 0 Å². The summed E-state index contributed by atoms with van der Waals surface area (Å²) in [6.07, 6.45) is 0. The van der Waals surface area contributed by atoms with Crippen molar-refractivity contribution < 1.29 is 0 Å². The minimum absolute atomic E-state index is 0.339. The van der Waals surface area contributed by atoms with Gasteiger partial charge >= 0.3 is 0 Å². The van der Waals surface area contributed by atoms with E-state index in [1.54, 1.807) is 0 Å². The Bertz CT molecular complexity index is 1010. The molecule has 2 heteroatoms. The Labute approximate surface area is 186 Å². The summed E-state index contributed by atoms with van der Waals surface area (Å²) in [5, 5.41) is 0. The van der Waals surface area contributed by atoms with Gasteiger partial charge in [-0.15, -0.1) is 0 Å². The highest BCUT2D eigenvalue weighted by Crippen LogP contribution is 2.46. The first-order chi connectivity index (χ1) is 14.3. The lowest BCUT2D eigenvalue weighted by molar-refractivity contribution is 0.157. The van der Waals surface area contributed by atoms with Crippen molar-refractivity contribution in [3.63, 3.8) is 0 Å². The smallest absolute Gasteiger partial charge is 0.0978 e. The van der Waals surface area contributed by atoms with Gasteiger partial charge in [0.05, 0.1) is 5.54 Å². The second-order valence-corrected chi connectivity index (χ2v) is 8.82. The monoisotopic (exact) mass is 487 g/mol. The van der Waals surface area contributed by atoms with Gasteiger partial charge in [0.25, 0.3) is 0 Å². The molecule has 1 aliphatic rings. The first-order valence-corrected chi connectivity index (χ1v) is 11.1. The lowest BCUT2D eigenvalue weighted by Gasteiger charge is -2.43. The molecule has 0 unspecified atom stereocenters. The van der Waals surface area contributed by atoms with Crippen molar-refractivity contribution in [2.45, 2.75) is 18.6 Å². The van der Waals surface area contributed by atoms with Crippen molar-refractivity contribution in [3.05, 3.63) is 141 Å². The third-order valence-electron chi connectivity index (χ3n) is 5.94. The predicted molar refractivity (Wildman–Crippen MR) is 128 cm³/mol. The zero-order valence-corrected chi connectivity index (χ0v) is 18.3. The third-order valence-corrected chi connectivity index (χ3v) is 6.61. The van der Waals surface area contributed by atoms with Gasteiger partial charge in [-0.25, -0.2) is 0 Å². The summed E-state index contributed by atoms with van der Waals surface area (Å²) in [6, 6.07) is 39.7. The number of hydrogen-bond donors (Lipinski definition) is 0. The molecule has 0 fully saturated rings. The van der Waals surface area contributed by atoms with Crippen molar-refractivity contribution in [3.8, 4) is 0 Å². The van der Waals surface area contributed by atoms with Crippen molar-refractivity contribution in [1.29, 1.82) is 0 Å². The van der Waals surface area contributed by atoms with E-state index in [-0.39, 0.29) is 5.54 Å². The van der Waals surface area contributed by atoms with E-state index in [0.29, 0.717) is 0 Å². The molecule has 5 rings (SSSR count). The molecule has 0 radical (unpaired) electrons. The number of hydrogen-bond acceptors (Lipinski definition) is 1. The van der Waals surface area contributed by atoms with Crippen LogP contribution in [0.1, 0.15) is 27.8 Å². The molecule has 0 saturated heterocycles. The zero-order chi connectivity index (χ0) is 19.7. The predicted octanol–water partition coefficient (Wildman–Crippen LogP) is 6.60. The molecular formula is C27H22IN. The fourth-order valence-corrected chi connectivity index (χ4v) is 5.24. The maximum Gasteiger partial charge on any atom is 0.0978 e. The molecule has 1 aliphatic heterocycles. The molecule has 4 aromatic carbocycles. The van der Waals surface area contributed by atoms with Gasteiger partial charge in [0.1, 0.15) is 0 Å². The summed E-state index contributed by atoms with van der Waals surface area (Å²) >= 11 is 2.42. The van der Waals surface area contributed by atoms with Crippen LogP contribution in [0.3, 0.4) is 0 Å². The maximum atomic E-state index is 2.63. The minimum atomic E-state index is -0.339. The average Bonchev–Trinajstić information content (AvgIpc) is 3.20. The summed E-state index contributed by atoms with van der Waals surface area (Å²) in [4.78, 5) is 2.63. The number of fused-ring (bicyclic) bond motifs is 1. The molecule has 0 amide bonds. The van der Waals surface area contributed by atoms with E-state index < -0.39 is 0 Å². The molecule has 29 heavy (non-hydrogen) atoms. The Morgan fingerprint density at radius 3 is 1.48 bits per heavy atom. The van der Waals surface area contributed by atoms with Crippen LogP contribution in [0.2, 0.25) is 0 Å². The molecule has 0 aliphatic carbocycles. The summed E-state index contributed by atoms with van der Waals surface area (Å²) < 4.78 is 1.30. The normalized spacial score (nSPS) is 14.0. The molecule has 0 aromatic heterocycles. The molecule has 142 valence electrons. The largest absolute Gasteiger partial charge is 0.277 e. The lowest BCUT2D eigenvalue weighted by Crippen LogP contribution is -2.45. The summed E-state index contributed by atoms with van der Waals surface area (Å²) in [7, 11) is 0. The first kappa shape index (κ1) is 18.6. The van der Waals surface area contributed by atoms with Crippen molar-refractivity contribution in [2.24, 2.45) is 0 Å². The quantitative estimate of drug-likeness (QED) is 0.232. The third kappa shape index (κ3) is 3.21. The number of rotatable bonds is 4. The number of benzene rings is 4. The summed E-state index contributed by atoms with van der Waals surface area (Å²) in [5.74, 6) is 0. The van der Waals surface area contributed by atoms with Crippen LogP contribution in [-0.2, 0) is 18.6 Å². The van der Waals surface area contributed by atoms with Crippen LogP contribution in [0.5, 0.6) is 0 Å². The molecule has 0 atom stereocenters. The van der Waals surface area contributed by atoms with Crippen LogP contribution in [0.4, 0.5) is 0 Å². The van der Waals surface area contributed by atoms with Gasteiger partial charge in [0.2, 0.25) is 0 Å². The molecule has 0 saturated carbocycles. The molecule has 0 spiro atoms. The van der Waals surface area contributed by atoms with Crippen molar-refractivity contribution in [1.82, 2.24) is 4.90 Å². The van der Waals surface area contributed by atoms with Gasteiger partial charge in [-0.1, -0.05) is 97.1 Å². The van der Waals surface area contributed by atoms with Crippen LogP contribution in [0.15, 0.2) is 109 Å². The topological polar surface area (TPSA) is 3.24 Å². The van der Waals surface area contributed by atoms with Gasteiger partial charge in [0, 0.05) is 16.7 Å².